The monoisotopic (exact) mass is 240 g/mol. The van der Waals surface area contributed by atoms with Gasteiger partial charge in [-0.3, -0.25) is 0 Å². The highest BCUT2D eigenvalue weighted by atomic mass is 32.2. The molecule has 5 heteroatoms. The van der Waals surface area contributed by atoms with Crippen LogP contribution < -0.4 is 5.73 Å². The predicted molar refractivity (Wildman–Crippen MR) is 62.5 cm³/mol. The minimum absolute atomic E-state index is 0.188. The van der Waals surface area contributed by atoms with Gasteiger partial charge in [-0.2, -0.15) is 0 Å². The molecule has 1 aromatic carbocycles. The number of halogens is 1. The van der Waals surface area contributed by atoms with Crippen molar-refractivity contribution in [1.82, 2.24) is 4.98 Å². The van der Waals surface area contributed by atoms with Gasteiger partial charge in [0.05, 0.1) is 5.75 Å². The Balaban J connectivity index is 2.02. The third kappa shape index (κ3) is 2.70. The van der Waals surface area contributed by atoms with E-state index in [1.807, 2.05) is 6.07 Å². The Morgan fingerprint density at radius 3 is 2.87 bits per heavy atom. The molecule has 0 radical (unpaired) electrons. The fourth-order valence-electron chi connectivity index (χ4n) is 1.09. The Morgan fingerprint density at radius 1 is 1.40 bits per heavy atom. The molecule has 2 nitrogen and oxygen atoms in total. The molecule has 0 unspecified atom stereocenters. The van der Waals surface area contributed by atoms with E-state index < -0.39 is 0 Å². The molecule has 2 rings (SSSR count). The molecule has 0 saturated carbocycles. The first-order valence-corrected chi connectivity index (χ1v) is 6.19. The predicted octanol–water partition coefficient (Wildman–Crippen LogP) is 3.16. The van der Waals surface area contributed by atoms with Gasteiger partial charge in [0, 0.05) is 10.3 Å². The Morgan fingerprint density at radius 2 is 2.20 bits per heavy atom. The van der Waals surface area contributed by atoms with Gasteiger partial charge in [0.15, 0.2) is 0 Å². The number of aromatic nitrogens is 1. The number of anilines is 1. The van der Waals surface area contributed by atoms with Crippen LogP contribution in [0.15, 0.2) is 34.5 Å². The number of benzene rings is 1. The van der Waals surface area contributed by atoms with Crippen LogP contribution in [0.5, 0.6) is 0 Å². The Labute approximate surface area is 95.3 Å². The molecule has 0 aliphatic rings. The number of hydrogen-bond acceptors (Lipinski definition) is 4. The smallest absolute Gasteiger partial charge is 0.136 e. The van der Waals surface area contributed by atoms with Crippen LogP contribution in [0.4, 0.5) is 10.2 Å². The van der Waals surface area contributed by atoms with Crippen LogP contribution in [0.25, 0.3) is 0 Å². The molecule has 15 heavy (non-hydrogen) atoms. The van der Waals surface area contributed by atoms with Crippen LogP contribution in [-0.4, -0.2) is 4.98 Å². The van der Waals surface area contributed by atoms with Gasteiger partial charge >= 0.3 is 0 Å². The van der Waals surface area contributed by atoms with Gasteiger partial charge < -0.3 is 5.73 Å². The van der Waals surface area contributed by atoms with E-state index in [1.165, 1.54) is 29.2 Å². The molecule has 0 spiro atoms. The van der Waals surface area contributed by atoms with E-state index in [-0.39, 0.29) is 5.82 Å². The summed E-state index contributed by atoms with van der Waals surface area (Å²) in [5.74, 6) is 0.999. The maximum atomic E-state index is 13.2. The molecule has 1 aromatic heterocycles. The second kappa shape index (κ2) is 4.63. The van der Waals surface area contributed by atoms with E-state index in [2.05, 4.69) is 4.98 Å². The SMILES string of the molecule is Nc1csc(CSc2ccccc2F)n1. The summed E-state index contributed by atoms with van der Waals surface area (Å²) in [5, 5.41) is 2.71. The molecule has 2 aromatic rings. The summed E-state index contributed by atoms with van der Waals surface area (Å²) in [7, 11) is 0. The van der Waals surface area contributed by atoms with E-state index in [4.69, 9.17) is 5.73 Å². The van der Waals surface area contributed by atoms with Crippen molar-refractivity contribution >= 4 is 28.9 Å². The van der Waals surface area contributed by atoms with Crippen LogP contribution in [0.2, 0.25) is 0 Å². The number of nitrogens with zero attached hydrogens (tertiary/aromatic N) is 1. The lowest BCUT2D eigenvalue weighted by molar-refractivity contribution is 0.602. The first kappa shape index (κ1) is 10.4. The Bertz CT molecular complexity index is 456. The average Bonchev–Trinajstić information content (AvgIpc) is 2.63. The van der Waals surface area contributed by atoms with Crippen molar-refractivity contribution in [2.45, 2.75) is 10.6 Å². The quantitative estimate of drug-likeness (QED) is 0.838. The molecule has 0 amide bonds. The minimum atomic E-state index is -0.188. The second-order valence-electron chi connectivity index (χ2n) is 2.89. The zero-order valence-electron chi connectivity index (χ0n) is 7.81. The summed E-state index contributed by atoms with van der Waals surface area (Å²) in [5.41, 5.74) is 5.49. The van der Waals surface area contributed by atoms with Gasteiger partial charge in [0.2, 0.25) is 0 Å². The van der Waals surface area contributed by atoms with Crippen LogP contribution in [-0.2, 0) is 5.75 Å². The van der Waals surface area contributed by atoms with Crippen LogP contribution in [0.1, 0.15) is 5.01 Å². The van der Waals surface area contributed by atoms with Crippen LogP contribution in [0.3, 0.4) is 0 Å². The number of hydrogen-bond donors (Lipinski definition) is 1. The van der Waals surface area contributed by atoms with Gasteiger partial charge in [-0.05, 0) is 12.1 Å². The minimum Gasteiger partial charge on any atom is -0.383 e. The molecule has 0 aliphatic carbocycles. The zero-order chi connectivity index (χ0) is 10.7. The summed E-state index contributed by atoms with van der Waals surface area (Å²) in [6.45, 7) is 0. The van der Waals surface area contributed by atoms with Crippen molar-refractivity contribution in [3.63, 3.8) is 0 Å². The normalized spacial score (nSPS) is 10.5. The molecule has 2 N–H and O–H groups in total. The fraction of sp³-hybridized carbons (Fsp3) is 0.100. The molecule has 0 bridgehead atoms. The molecule has 0 atom stereocenters. The zero-order valence-corrected chi connectivity index (χ0v) is 9.45. The van der Waals surface area contributed by atoms with E-state index in [9.17, 15) is 4.39 Å². The lowest BCUT2D eigenvalue weighted by Crippen LogP contribution is -1.86. The van der Waals surface area contributed by atoms with Crippen molar-refractivity contribution in [2.75, 3.05) is 5.73 Å². The molecule has 0 saturated heterocycles. The van der Waals surface area contributed by atoms with E-state index in [1.54, 1.807) is 17.5 Å². The summed E-state index contributed by atoms with van der Waals surface area (Å²) < 4.78 is 13.2. The standard InChI is InChI=1S/C10H9FN2S2/c11-7-3-1-2-4-8(7)14-6-10-13-9(12)5-15-10/h1-5H,6,12H2. The van der Waals surface area contributed by atoms with E-state index >= 15 is 0 Å². The number of nitrogens with two attached hydrogens (primary N) is 1. The summed E-state index contributed by atoms with van der Waals surface area (Å²) in [6, 6.07) is 6.72. The van der Waals surface area contributed by atoms with Crippen molar-refractivity contribution in [3.8, 4) is 0 Å². The first-order chi connectivity index (χ1) is 7.25. The number of thiazole rings is 1. The third-order valence-electron chi connectivity index (χ3n) is 1.76. The summed E-state index contributed by atoms with van der Waals surface area (Å²) >= 11 is 2.93. The van der Waals surface area contributed by atoms with Gasteiger partial charge in [-0.15, -0.1) is 23.1 Å². The average molecular weight is 240 g/mol. The summed E-state index contributed by atoms with van der Waals surface area (Å²) in [6.07, 6.45) is 0. The Kier molecular flexibility index (Phi) is 3.23. The molecular weight excluding hydrogens is 231 g/mol. The largest absolute Gasteiger partial charge is 0.383 e. The van der Waals surface area contributed by atoms with Gasteiger partial charge in [0.25, 0.3) is 0 Å². The highest BCUT2D eigenvalue weighted by Gasteiger charge is 2.04. The number of thioether (sulfide) groups is 1. The third-order valence-corrected chi connectivity index (χ3v) is 3.87. The first-order valence-electron chi connectivity index (χ1n) is 4.33. The lowest BCUT2D eigenvalue weighted by atomic mass is 10.3. The Hall–Kier alpha value is -1.07. The molecule has 0 fully saturated rings. The van der Waals surface area contributed by atoms with Crippen molar-refractivity contribution in [2.24, 2.45) is 0 Å². The van der Waals surface area contributed by atoms with E-state index in [0.717, 1.165) is 5.01 Å². The molecular formula is C10H9FN2S2. The second-order valence-corrected chi connectivity index (χ2v) is 4.85. The lowest BCUT2D eigenvalue weighted by Gasteiger charge is -1.99. The highest BCUT2D eigenvalue weighted by Crippen LogP contribution is 2.26. The van der Waals surface area contributed by atoms with Gasteiger partial charge in [-0.1, -0.05) is 12.1 Å². The highest BCUT2D eigenvalue weighted by molar-refractivity contribution is 7.98. The van der Waals surface area contributed by atoms with Crippen molar-refractivity contribution in [3.05, 3.63) is 40.5 Å². The molecule has 0 aliphatic heterocycles. The fourth-order valence-corrected chi connectivity index (χ4v) is 2.73. The molecule has 78 valence electrons. The van der Waals surface area contributed by atoms with Gasteiger partial charge in [0.1, 0.15) is 16.6 Å². The van der Waals surface area contributed by atoms with E-state index in [0.29, 0.717) is 16.5 Å². The van der Waals surface area contributed by atoms with Crippen LogP contribution >= 0.6 is 23.1 Å². The molecule has 1 heterocycles. The van der Waals surface area contributed by atoms with Crippen molar-refractivity contribution in [1.29, 1.82) is 0 Å². The van der Waals surface area contributed by atoms with Gasteiger partial charge in [-0.25, -0.2) is 9.37 Å². The summed E-state index contributed by atoms with van der Waals surface area (Å²) in [4.78, 5) is 4.75. The van der Waals surface area contributed by atoms with Crippen molar-refractivity contribution < 1.29 is 4.39 Å². The maximum absolute atomic E-state index is 13.2. The maximum Gasteiger partial charge on any atom is 0.136 e. The number of rotatable bonds is 3. The number of nitrogen functional groups attached to an aromatic ring is 1. The topological polar surface area (TPSA) is 38.9 Å². The van der Waals surface area contributed by atoms with Crippen LogP contribution in [0, 0.1) is 5.82 Å².